The summed E-state index contributed by atoms with van der Waals surface area (Å²) in [5.74, 6) is 0.525. The van der Waals surface area contributed by atoms with Crippen molar-refractivity contribution in [1.82, 2.24) is 0 Å². The zero-order valence-corrected chi connectivity index (χ0v) is 16.2. The average Bonchev–Trinajstić information content (AvgIpc) is 2.64. The van der Waals surface area contributed by atoms with Gasteiger partial charge in [0.2, 0.25) is 5.91 Å². The van der Waals surface area contributed by atoms with Crippen LogP contribution in [-0.4, -0.2) is 18.4 Å². The molecule has 0 bridgehead atoms. The number of anilines is 2. The first-order valence-corrected chi connectivity index (χ1v) is 9.47. The van der Waals surface area contributed by atoms with Gasteiger partial charge in [-0.25, -0.2) is 0 Å². The number of fused-ring (bicyclic) bond motifs is 1. The molecule has 2 aromatic carbocycles. The maximum atomic E-state index is 12.4. The summed E-state index contributed by atoms with van der Waals surface area (Å²) in [6.07, 6.45) is 2.32. The Hall–Kier alpha value is -2.34. The molecule has 0 aliphatic carbocycles. The molecule has 0 atom stereocenters. The van der Waals surface area contributed by atoms with Crippen LogP contribution in [0.2, 0.25) is 0 Å². The number of halogens is 1. The predicted molar refractivity (Wildman–Crippen MR) is 105 cm³/mol. The van der Waals surface area contributed by atoms with Crippen LogP contribution in [0.25, 0.3) is 0 Å². The van der Waals surface area contributed by atoms with Crippen molar-refractivity contribution < 1.29 is 14.3 Å². The lowest BCUT2D eigenvalue weighted by Crippen LogP contribution is -2.38. The lowest BCUT2D eigenvalue weighted by Gasteiger charge is -2.30. The third kappa shape index (κ3) is 4.43. The van der Waals surface area contributed by atoms with Crippen molar-refractivity contribution in [1.29, 1.82) is 0 Å². The molecule has 0 radical (unpaired) electrons. The monoisotopic (exact) mass is 416 g/mol. The van der Waals surface area contributed by atoms with Crippen LogP contribution in [0.4, 0.5) is 11.4 Å². The fourth-order valence-electron chi connectivity index (χ4n) is 2.79. The third-order valence-electron chi connectivity index (χ3n) is 4.20. The molecule has 26 heavy (non-hydrogen) atoms. The number of benzene rings is 2. The Morgan fingerprint density at radius 3 is 2.73 bits per heavy atom. The maximum absolute atomic E-state index is 12.4. The lowest BCUT2D eigenvalue weighted by atomic mass is 10.1. The Labute approximate surface area is 161 Å². The van der Waals surface area contributed by atoms with Crippen molar-refractivity contribution in [2.24, 2.45) is 0 Å². The molecule has 1 N–H and O–H groups in total. The molecular formula is C20H21BrN2O3. The van der Waals surface area contributed by atoms with E-state index in [9.17, 15) is 9.59 Å². The minimum Gasteiger partial charge on any atom is -0.482 e. The Bertz CT molecular complexity index is 805. The first-order valence-electron chi connectivity index (χ1n) is 8.68. The van der Waals surface area contributed by atoms with Crippen LogP contribution >= 0.6 is 15.9 Å². The highest BCUT2D eigenvalue weighted by Crippen LogP contribution is 2.35. The maximum Gasteiger partial charge on any atom is 0.265 e. The van der Waals surface area contributed by atoms with Gasteiger partial charge in [-0.1, -0.05) is 41.4 Å². The molecule has 0 fully saturated rings. The van der Waals surface area contributed by atoms with Crippen LogP contribution in [0.1, 0.15) is 31.7 Å². The molecule has 136 valence electrons. The van der Waals surface area contributed by atoms with E-state index in [1.807, 2.05) is 24.3 Å². The smallest absolute Gasteiger partial charge is 0.265 e. The topological polar surface area (TPSA) is 58.6 Å². The summed E-state index contributed by atoms with van der Waals surface area (Å²) in [4.78, 5) is 26.1. The van der Waals surface area contributed by atoms with Crippen molar-refractivity contribution in [3.05, 3.63) is 52.5 Å². The molecule has 0 saturated heterocycles. The second-order valence-electron chi connectivity index (χ2n) is 6.23. The Balaban J connectivity index is 1.82. The van der Waals surface area contributed by atoms with Crippen LogP contribution in [0, 0.1) is 0 Å². The van der Waals surface area contributed by atoms with Crippen LogP contribution in [-0.2, 0) is 16.1 Å². The lowest BCUT2D eigenvalue weighted by molar-refractivity contribution is -0.121. The molecule has 2 amide bonds. The van der Waals surface area contributed by atoms with Gasteiger partial charge in [0.25, 0.3) is 5.91 Å². The number of ether oxygens (including phenoxy) is 1. The number of nitrogens with zero attached hydrogens (tertiary/aromatic N) is 1. The summed E-state index contributed by atoms with van der Waals surface area (Å²) in [5, 5.41) is 2.89. The van der Waals surface area contributed by atoms with Gasteiger partial charge in [0.05, 0.1) is 12.2 Å². The van der Waals surface area contributed by atoms with E-state index in [0.717, 1.165) is 22.9 Å². The highest BCUT2D eigenvalue weighted by Gasteiger charge is 2.26. The van der Waals surface area contributed by atoms with E-state index in [4.69, 9.17) is 4.74 Å². The molecule has 2 aromatic rings. The fourth-order valence-corrected chi connectivity index (χ4v) is 3.05. The first-order chi connectivity index (χ1) is 12.6. The van der Waals surface area contributed by atoms with E-state index in [-0.39, 0.29) is 18.4 Å². The highest BCUT2D eigenvalue weighted by molar-refractivity contribution is 9.10. The van der Waals surface area contributed by atoms with Crippen LogP contribution in [0.3, 0.4) is 0 Å². The molecule has 0 saturated carbocycles. The summed E-state index contributed by atoms with van der Waals surface area (Å²) in [7, 11) is 0. The van der Waals surface area contributed by atoms with Gasteiger partial charge in [-0.15, -0.1) is 0 Å². The van der Waals surface area contributed by atoms with Gasteiger partial charge < -0.3 is 15.0 Å². The standard InChI is InChI=1S/C20H21BrN2O3/c1-2-3-4-19(24)22-16-9-10-18-17(11-16)23(20(25)13-26-18)12-14-5-7-15(21)8-6-14/h5-11H,2-4,12-13H2,1H3,(H,22,24). The van der Waals surface area contributed by atoms with Gasteiger partial charge >= 0.3 is 0 Å². The van der Waals surface area contributed by atoms with E-state index < -0.39 is 0 Å². The molecular weight excluding hydrogens is 396 g/mol. The Kier molecular flexibility index (Phi) is 5.93. The van der Waals surface area contributed by atoms with Gasteiger partial charge in [0.1, 0.15) is 5.75 Å². The number of carbonyl (C=O) groups excluding carboxylic acids is 2. The van der Waals surface area contributed by atoms with Gasteiger partial charge in [0.15, 0.2) is 6.61 Å². The number of nitrogens with one attached hydrogen (secondary N) is 1. The second kappa shape index (κ2) is 8.36. The molecule has 1 heterocycles. The second-order valence-corrected chi connectivity index (χ2v) is 7.14. The summed E-state index contributed by atoms with van der Waals surface area (Å²) in [6.45, 7) is 2.52. The zero-order valence-electron chi connectivity index (χ0n) is 14.6. The van der Waals surface area contributed by atoms with Crippen LogP contribution in [0.15, 0.2) is 46.9 Å². The van der Waals surface area contributed by atoms with Crippen molar-refractivity contribution >= 4 is 39.1 Å². The minimum atomic E-state index is -0.102. The summed E-state index contributed by atoms with van der Waals surface area (Å²) >= 11 is 3.42. The summed E-state index contributed by atoms with van der Waals surface area (Å²) in [6, 6.07) is 13.3. The third-order valence-corrected chi connectivity index (χ3v) is 4.73. The fraction of sp³-hybridized carbons (Fsp3) is 0.300. The number of rotatable bonds is 6. The van der Waals surface area contributed by atoms with E-state index in [1.165, 1.54) is 0 Å². The quantitative estimate of drug-likeness (QED) is 0.753. The summed E-state index contributed by atoms with van der Waals surface area (Å²) < 4.78 is 6.53. The highest BCUT2D eigenvalue weighted by atomic mass is 79.9. The number of hydrogen-bond donors (Lipinski definition) is 1. The van der Waals surface area contributed by atoms with Crippen molar-refractivity contribution in [2.45, 2.75) is 32.7 Å². The normalized spacial score (nSPS) is 13.2. The number of unbranched alkanes of at least 4 members (excludes halogenated alkanes) is 1. The first kappa shape index (κ1) is 18.5. The Morgan fingerprint density at radius 1 is 1.23 bits per heavy atom. The van der Waals surface area contributed by atoms with E-state index in [1.54, 1.807) is 23.1 Å². The Morgan fingerprint density at radius 2 is 2.00 bits per heavy atom. The van der Waals surface area contributed by atoms with Crippen molar-refractivity contribution in [2.75, 3.05) is 16.8 Å². The van der Waals surface area contributed by atoms with E-state index >= 15 is 0 Å². The molecule has 5 nitrogen and oxygen atoms in total. The number of carbonyl (C=O) groups is 2. The predicted octanol–water partition coefficient (Wildman–Crippen LogP) is 4.50. The average molecular weight is 417 g/mol. The SMILES string of the molecule is CCCCC(=O)Nc1ccc2c(c1)N(Cc1ccc(Br)cc1)C(=O)CO2. The zero-order chi connectivity index (χ0) is 18.5. The number of amides is 2. The van der Waals surface area contributed by atoms with Crippen molar-refractivity contribution in [3.8, 4) is 5.75 Å². The van der Waals surface area contributed by atoms with Crippen LogP contribution in [0.5, 0.6) is 5.75 Å². The van der Waals surface area contributed by atoms with Gasteiger partial charge in [-0.05, 0) is 42.3 Å². The van der Waals surface area contributed by atoms with E-state index in [0.29, 0.717) is 30.1 Å². The molecule has 1 aliphatic heterocycles. The molecule has 6 heteroatoms. The van der Waals surface area contributed by atoms with Gasteiger partial charge in [-0.2, -0.15) is 0 Å². The van der Waals surface area contributed by atoms with Crippen molar-refractivity contribution in [3.63, 3.8) is 0 Å². The number of hydrogen-bond acceptors (Lipinski definition) is 3. The molecule has 0 aromatic heterocycles. The van der Waals surface area contributed by atoms with Gasteiger partial charge in [0, 0.05) is 16.6 Å². The molecule has 1 aliphatic rings. The van der Waals surface area contributed by atoms with E-state index in [2.05, 4.69) is 28.2 Å². The van der Waals surface area contributed by atoms with Crippen LogP contribution < -0.4 is 15.0 Å². The molecule has 0 unspecified atom stereocenters. The van der Waals surface area contributed by atoms with Gasteiger partial charge in [-0.3, -0.25) is 9.59 Å². The molecule has 0 spiro atoms. The summed E-state index contributed by atoms with van der Waals surface area (Å²) in [5.41, 5.74) is 2.37. The molecule has 3 rings (SSSR count). The minimum absolute atomic E-state index is 0.0192. The largest absolute Gasteiger partial charge is 0.482 e.